The van der Waals surface area contributed by atoms with Crippen molar-refractivity contribution in [1.29, 1.82) is 0 Å². The van der Waals surface area contributed by atoms with Crippen LogP contribution in [0.25, 0.3) is 0 Å². The molecule has 0 aromatic heterocycles. The Morgan fingerprint density at radius 2 is 2.19 bits per heavy atom. The molecule has 1 aromatic rings. The number of nitrogens with zero attached hydrogens (tertiary/aromatic N) is 1. The highest BCUT2D eigenvalue weighted by Gasteiger charge is 2.39. The van der Waals surface area contributed by atoms with Crippen LogP contribution in [-0.4, -0.2) is 6.08 Å². The molecule has 1 aromatic carbocycles. The molecule has 0 atom stereocenters. The molecule has 84 valence electrons. The second-order valence-electron chi connectivity index (χ2n) is 4.59. The summed E-state index contributed by atoms with van der Waals surface area (Å²) >= 11 is 0. The van der Waals surface area contributed by atoms with Crippen molar-refractivity contribution in [1.82, 2.24) is 0 Å². The molecule has 0 amide bonds. The number of benzene rings is 1. The lowest BCUT2D eigenvalue weighted by atomic mass is 9.70. The van der Waals surface area contributed by atoms with Gasteiger partial charge in [0.15, 0.2) is 0 Å². The largest absolute Gasteiger partial charge is 0.235 e. The second-order valence-corrected chi connectivity index (χ2v) is 4.59. The summed E-state index contributed by atoms with van der Waals surface area (Å²) in [5.41, 5.74) is 3.52. The Kier molecular flexibility index (Phi) is 2.93. The summed E-state index contributed by atoms with van der Waals surface area (Å²) in [5, 5.41) is 0. The zero-order chi connectivity index (χ0) is 11.6. The van der Waals surface area contributed by atoms with Gasteiger partial charge in [-0.15, -0.1) is 0 Å². The highest BCUT2D eigenvalue weighted by Crippen LogP contribution is 2.46. The average molecular weight is 215 g/mol. The molecular weight excluding hydrogens is 198 g/mol. The molecule has 0 saturated heterocycles. The summed E-state index contributed by atoms with van der Waals surface area (Å²) in [6, 6.07) is 6.49. The first kappa shape index (κ1) is 11.1. The van der Waals surface area contributed by atoms with Crippen LogP contribution in [-0.2, 0) is 16.8 Å². The fourth-order valence-corrected chi connectivity index (χ4v) is 2.43. The zero-order valence-corrected chi connectivity index (χ0v) is 9.92. The molecule has 1 aliphatic rings. The van der Waals surface area contributed by atoms with Crippen molar-refractivity contribution in [2.45, 2.75) is 45.1 Å². The Bertz CT molecular complexity index is 440. The van der Waals surface area contributed by atoms with Crippen molar-refractivity contribution in [3.8, 4) is 0 Å². The summed E-state index contributed by atoms with van der Waals surface area (Å²) in [5.74, 6) is 0. The molecule has 16 heavy (non-hydrogen) atoms. The van der Waals surface area contributed by atoms with Gasteiger partial charge in [0.25, 0.3) is 0 Å². The number of aliphatic imine (C=N–C) groups is 1. The molecule has 0 unspecified atom stereocenters. The average Bonchev–Trinajstić information content (AvgIpc) is 2.25. The van der Waals surface area contributed by atoms with E-state index in [4.69, 9.17) is 0 Å². The van der Waals surface area contributed by atoms with Crippen LogP contribution in [0.15, 0.2) is 23.2 Å². The fourth-order valence-electron chi connectivity index (χ4n) is 2.43. The predicted molar refractivity (Wildman–Crippen MR) is 64.2 cm³/mol. The van der Waals surface area contributed by atoms with Gasteiger partial charge in [-0.1, -0.05) is 25.1 Å². The standard InChI is InChI=1S/C14H17NO/c1-3-12-6-5-11(2)13(9-12)14(15-10-16)7-4-8-14/h5-6,9H,3-4,7-8H2,1-2H3. The minimum absolute atomic E-state index is 0.253. The van der Waals surface area contributed by atoms with Crippen molar-refractivity contribution in [3.63, 3.8) is 0 Å². The molecule has 2 nitrogen and oxygen atoms in total. The van der Waals surface area contributed by atoms with Gasteiger partial charge in [-0.25, -0.2) is 4.79 Å². The van der Waals surface area contributed by atoms with Crippen LogP contribution in [0.4, 0.5) is 0 Å². The molecule has 0 bridgehead atoms. The number of carbonyl (C=O) groups excluding carboxylic acids is 1. The van der Waals surface area contributed by atoms with Crippen LogP contribution >= 0.6 is 0 Å². The third-order valence-corrected chi connectivity index (χ3v) is 3.65. The monoisotopic (exact) mass is 215 g/mol. The molecular formula is C14H17NO. The quantitative estimate of drug-likeness (QED) is 0.562. The van der Waals surface area contributed by atoms with E-state index in [9.17, 15) is 4.79 Å². The van der Waals surface area contributed by atoms with Crippen LogP contribution in [0, 0.1) is 6.92 Å². The van der Waals surface area contributed by atoms with Crippen LogP contribution in [0.3, 0.4) is 0 Å². The first-order valence-corrected chi connectivity index (χ1v) is 5.91. The zero-order valence-electron chi connectivity index (χ0n) is 9.92. The predicted octanol–water partition coefficient (Wildman–Crippen LogP) is 3.27. The second kappa shape index (κ2) is 4.23. The minimum atomic E-state index is -0.253. The van der Waals surface area contributed by atoms with E-state index in [0.717, 1.165) is 25.7 Å². The maximum atomic E-state index is 10.6. The van der Waals surface area contributed by atoms with Gasteiger partial charge >= 0.3 is 0 Å². The maximum absolute atomic E-state index is 10.6. The molecule has 0 spiro atoms. The van der Waals surface area contributed by atoms with Gasteiger partial charge in [-0.05, 0) is 49.3 Å². The van der Waals surface area contributed by atoms with Gasteiger partial charge in [0.05, 0.1) is 5.54 Å². The van der Waals surface area contributed by atoms with Crippen LogP contribution < -0.4 is 0 Å². The van der Waals surface area contributed by atoms with Crippen molar-refractivity contribution < 1.29 is 4.79 Å². The van der Waals surface area contributed by atoms with E-state index in [-0.39, 0.29) is 5.54 Å². The molecule has 2 rings (SSSR count). The maximum Gasteiger partial charge on any atom is 0.235 e. The summed E-state index contributed by atoms with van der Waals surface area (Å²) in [6.07, 6.45) is 5.89. The van der Waals surface area contributed by atoms with Crippen molar-refractivity contribution in [2.24, 2.45) is 4.99 Å². The van der Waals surface area contributed by atoms with E-state index >= 15 is 0 Å². The van der Waals surface area contributed by atoms with Gasteiger partial charge in [0, 0.05) is 0 Å². The van der Waals surface area contributed by atoms with Crippen LogP contribution in [0.2, 0.25) is 0 Å². The lowest BCUT2D eigenvalue weighted by Gasteiger charge is -2.38. The van der Waals surface area contributed by atoms with E-state index in [0.29, 0.717) is 0 Å². The normalized spacial score (nSPS) is 17.4. The third kappa shape index (κ3) is 1.70. The number of hydrogen-bond donors (Lipinski definition) is 0. The van der Waals surface area contributed by atoms with Crippen molar-refractivity contribution >= 4 is 6.08 Å². The number of rotatable bonds is 3. The number of isocyanates is 1. The molecule has 0 aliphatic heterocycles. The Hall–Kier alpha value is -1.40. The third-order valence-electron chi connectivity index (χ3n) is 3.65. The molecule has 0 radical (unpaired) electrons. The fraction of sp³-hybridized carbons (Fsp3) is 0.500. The Morgan fingerprint density at radius 3 is 2.69 bits per heavy atom. The highest BCUT2D eigenvalue weighted by atomic mass is 16.1. The van der Waals surface area contributed by atoms with Gasteiger partial charge < -0.3 is 0 Å². The van der Waals surface area contributed by atoms with E-state index < -0.39 is 0 Å². The minimum Gasteiger partial charge on any atom is -0.211 e. The molecule has 0 N–H and O–H groups in total. The first-order chi connectivity index (χ1) is 7.72. The van der Waals surface area contributed by atoms with Gasteiger partial charge in [0.1, 0.15) is 0 Å². The molecule has 1 saturated carbocycles. The Labute approximate surface area is 96.4 Å². The molecule has 1 fully saturated rings. The summed E-state index contributed by atoms with van der Waals surface area (Å²) < 4.78 is 0. The van der Waals surface area contributed by atoms with Crippen LogP contribution in [0.5, 0.6) is 0 Å². The molecule has 1 aliphatic carbocycles. The molecule has 0 heterocycles. The van der Waals surface area contributed by atoms with E-state index in [1.54, 1.807) is 6.08 Å². The molecule has 2 heteroatoms. The SMILES string of the molecule is CCc1ccc(C)c(C2(N=C=O)CCC2)c1. The van der Waals surface area contributed by atoms with E-state index in [1.165, 1.54) is 16.7 Å². The highest BCUT2D eigenvalue weighted by molar-refractivity contribution is 5.43. The van der Waals surface area contributed by atoms with Crippen LogP contribution in [0.1, 0.15) is 42.9 Å². The van der Waals surface area contributed by atoms with E-state index in [2.05, 4.69) is 37.0 Å². The van der Waals surface area contributed by atoms with Gasteiger partial charge in [0.2, 0.25) is 6.08 Å². The van der Waals surface area contributed by atoms with Crippen molar-refractivity contribution in [3.05, 3.63) is 34.9 Å². The Balaban J connectivity index is 2.48. The number of hydrogen-bond acceptors (Lipinski definition) is 2. The van der Waals surface area contributed by atoms with Gasteiger partial charge in [-0.3, -0.25) is 0 Å². The Morgan fingerprint density at radius 1 is 1.44 bits per heavy atom. The number of aryl methyl sites for hydroxylation is 2. The van der Waals surface area contributed by atoms with Gasteiger partial charge in [-0.2, -0.15) is 4.99 Å². The summed E-state index contributed by atoms with van der Waals surface area (Å²) in [6.45, 7) is 4.24. The lowest BCUT2D eigenvalue weighted by Crippen LogP contribution is -2.32. The topological polar surface area (TPSA) is 29.4 Å². The lowest BCUT2D eigenvalue weighted by molar-refractivity contribution is 0.254. The summed E-state index contributed by atoms with van der Waals surface area (Å²) in [4.78, 5) is 14.6. The van der Waals surface area contributed by atoms with Crippen molar-refractivity contribution in [2.75, 3.05) is 0 Å². The van der Waals surface area contributed by atoms with E-state index in [1.807, 2.05) is 0 Å². The first-order valence-electron chi connectivity index (χ1n) is 5.91. The smallest absolute Gasteiger partial charge is 0.211 e. The summed E-state index contributed by atoms with van der Waals surface area (Å²) in [7, 11) is 0.